The third-order valence-electron chi connectivity index (χ3n) is 8.20. The van der Waals surface area contributed by atoms with E-state index in [0.717, 1.165) is 18.8 Å². The molecule has 0 amide bonds. The number of aromatic nitrogens is 2. The van der Waals surface area contributed by atoms with Gasteiger partial charge in [0.2, 0.25) is 0 Å². The minimum absolute atomic E-state index is 0. The number of unbranched alkanes of at least 4 members (excludes halogenated alkanes) is 15. The van der Waals surface area contributed by atoms with E-state index in [0.29, 0.717) is 44.4 Å². The summed E-state index contributed by atoms with van der Waals surface area (Å²) in [7, 11) is -1.10. The average molecular weight is 707 g/mol. The fourth-order valence-corrected chi connectivity index (χ4v) is 7.68. The molecule has 2 rings (SSSR count). The van der Waals surface area contributed by atoms with Crippen LogP contribution in [0.3, 0.4) is 0 Å². The van der Waals surface area contributed by atoms with Crippen molar-refractivity contribution in [3.05, 3.63) is 29.1 Å². The quantitative estimate of drug-likeness (QED) is 0.0766. The van der Waals surface area contributed by atoms with Gasteiger partial charge in [-0.05, 0) is 19.4 Å². The van der Waals surface area contributed by atoms with Crippen LogP contribution in [0.5, 0.6) is 6.01 Å². The normalized spacial score (nSPS) is 14.5. The number of aliphatic hydroxyl groups is 1. The Morgan fingerprint density at radius 1 is 0.870 bits per heavy atom. The van der Waals surface area contributed by atoms with Crippen molar-refractivity contribution in [2.24, 2.45) is 0 Å². The van der Waals surface area contributed by atoms with Crippen molar-refractivity contribution in [1.29, 1.82) is 0 Å². The van der Waals surface area contributed by atoms with Crippen LogP contribution < -0.4 is 4.74 Å². The first-order valence-corrected chi connectivity index (χ1v) is 20.2. The maximum Gasteiger partial charge on any atom is 0.316 e. The van der Waals surface area contributed by atoms with Gasteiger partial charge in [-0.15, -0.1) is 24.2 Å². The summed E-state index contributed by atoms with van der Waals surface area (Å²) in [5.74, 6) is 1.71. The van der Waals surface area contributed by atoms with Crippen LogP contribution in [-0.4, -0.2) is 87.2 Å². The van der Waals surface area contributed by atoms with Crippen LogP contribution in [-0.2, 0) is 20.3 Å². The molecule has 8 nitrogen and oxygen atoms in total. The van der Waals surface area contributed by atoms with Crippen LogP contribution in [0.25, 0.3) is 0 Å². The Kier molecular flexibility index (Phi) is 28.3. The number of hydrogen-bond acceptors (Lipinski definition) is 9. The minimum Gasteiger partial charge on any atom is -0.457 e. The van der Waals surface area contributed by atoms with Crippen LogP contribution in [0.1, 0.15) is 123 Å². The molecule has 0 bridgehead atoms. The summed E-state index contributed by atoms with van der Waals surface area (Å²) in [6.45, 7) is 7.44. The van der Waals surface area contributed by atoms with Gasteiger partial charge in [0.15, 0.2) is 0 Å². The molecule has 2 heterocycles. The Bertz CT molecular complexity index is 900. The fourth-order valence-electron chi connectivity index (χ4n) is 5.42. The summed E-state index contributed by atoms with van der Waals surface area (Å²) in [6, 6.07) is 2.03. The SMILES string of the molecule is CCCCCCCCCCCCCCCCCCOCC(CS(=O)CCOCCN1CSC(CCO)=C1C)Oc1ncccn1.Cl. The van der Waals surface area contributed by atoms with E-state index in [4.69, 9.17) is 14.2 Å². The topological polar surface area (TPSA) is 94.0 Å². The molecule has 2 atom stereocenters. The summed E-state index contributed by atoms with van der Waals surface area (Å²) in [4.78, 5) is 11.9. The van der Waals surface area contributed by atoms with Crippen LogP contribution in [0.4, 0.5) is 0 Å². The van der Waals surface area contributed by atoms with Crippen molar-refractivity contribution in [3.8, 4) is 6.01 Å². The first-order valence-electron chi connectivity index (χ1n) is 17.8. The highest BCUT2D eigenvalue weighted by Gasteiger charge is 2.19. The van der Waals surface area contributed by atoms with Gasteiger partial charge in [-0.2, -0.15) is 0 Å². The summed E-state index contributed by atoms with van der Waals surface area (Å²) in [6.07, 6.45) is 25.2. The highest BCUT2D eigenvalue weighted by molar-refractivity contribution is 8.03. The molecule has 2 unspecified atom stereocenters. The number of halogens is 1. The van der Waals surface area contributed by atoms with Gasteiger partial charge in [-0.1, -0.05) is 103 Å². The van der Waals surface area contributed by atoms with E-state index in [1.165, 1.54) is 107 Å². The predicted octanol–water partition coefficient (Wildman–Crippen LogP) is 8.31. The van der Waals surface area contributed by atoms with Gasteiger partial charge < -0.3 is 24.2 Å². The van der Waals surface area contributed by atoms with Crippen LogP contribution in [0.2, 0.25) is 0 Å². The van der Waals surface area contributed by atoms with Crippen LogP contribution in [0.15, 0.2) is 29.1 Å². The maximum atomic E-state index is 12.8. The minimum atomic E-state index is -1.10. The van der Waals surface area contributed by atoms with Gasteiger partial charge in [0, 0.05) is 65.7 Å². The molecule has 1 aromatic heterocycles. The van der Waals surface area contributed by atoms with Crippen LogP contribution in [0, 0.1) is 0 Å². The summed E-state index contributed by atoms with van der Waals surface area (Å²) >= 11 is 1.78. The molecule has 1 aliphatic heterocycles. The number of aliphatic hydroxyl groups excluding tert-OH is 1. The Labute approximate surface area is 293 Å². The second-order valence-electron chi connectivity index (χ2n) is 12.1. The zero-order valence-corrected chi connectivity index (χ0v) is 31.3. The average Bonchev–Trinajstić information content (AvgIpc) is 3.39. The zero-order chi connectivity index (χ0) is 32.2. The van der Waals surface area contributed by atoms with Crippen molar-refractivity contribution < 1.29 is 23.5 Å². The molecule has 0 aromatic carbocycles. The van der Waals surface area contributed by atoms with Gasteiger partial charge in [0.25, 0.3) is 0 Å². The first kappa shape index (κ1) is 43.1. The van der Waals surface area contributed by atoms with Crippen molar-refractivity contribution in [1.82, 2.24) is 14.9 Å². The second-order valence-corrected chi connectivity index (χ2v) is 14.8. The Morgan fingerprint density at radius 3 is 2.04 bits per heavy atom. The summed E-state index contributed by atoms with van der Waals surface area (Å²) in [5.41, 5.74) is 1.23. The van der Waals surface area contributed by atoms with Crippen molar-refractivity contribution in [2.75, 3.05) is 57.0 Å². The maximum absolute atomic E-state index is 12.8. The van der Waals surface area contributed by atoms with E-state index in [1.54, 1.807) is 30.2 Å². The number of thioether (sulfide) groups is 1. The molecule has 0 spiro atoms. The molecule has 268 valence electrons. The summed E-state index contributed by atoms with van der Waals surface area (Å²) < 4.78 is 30.5. The molecule has 46 heavy (non-hydrogen) atoms. The summed E-state index contributed by atoms with van der Waals surface area (Å²) in [5, 5.41) is 9.19. The molecule has 1 aromatic rings. The first-order chi connectivity index (χ1) is 22.1. The van der Waals surface area contributed by atoms with Gasteiger partial charge in [0.1, 0.15) is 6.10 Å². The highest BCUT2D eigenvalue weighted by atomic mass is 35.5. The van der Waals surface area contributed by atoms with E-state index in [-0.39, 0.29) is 31.1 Å². The van der Waals surface area contributed by atoms with Crippen LogP contribution >= 0.6 is 24.2 Å². The smallest absolute Gasteiger partial charge is 0.316 e. The molecule has 0 saturated carbocycles. The third kappa shape index (κ3) is 21.9. The van der Waals surface area contributed by atoms with Gasteiger partial charge >= 0.3 is 6.01 Å². The molecule has 0 radical (unpaired) electrons. The lowest BCUT2D eigenvalue weighted by Gasteiger charge is -2.19. The van der Waals surface area contributed by atoms with E-state index in [9.17, 15) is 9.32 Å². The zero-order valence-electron chi connectivity index (χ0n) is 28.8. The standard InChI is InChI=1S/C35H63N3O5S2.ClH/c1-3-4-5-6-7-8-9-10-11-12-13-14-15-16-17-18-25-42-29-33(43-35-36-21-19-22-37-35)30-45(40)28-27-41-26-23-38-31-44-34(20-24-39)32(38)2;/h19,21-22,33,39H,3-18,20,23-31H2,1-2H3;1H. The lowest BCUT2D eigenvalue weighted by Crippen LogP contribution is -2.31. The molecule has 11 heteroatoms. The Balaban J connectivity index is 0.0000106. The molecule has 1 aliphatic rings. The lowest BCUT2D eigenvalue weighted by atomic mass is 10.0. The van der Waals surface area contributed by atoms with Crippen molar-refractivity contribution in [2.45, 2.75) is 129 Å². The second kappa shape index (κ2) is 30.2. The molecule has 0 aliphatic carbocycles. The fraction of sp³-hybridized carbons (Fsp3) is 0.829. The highest BCUT2D eigenvalue weighted by Crippen LogP contribution is 2.33. The van der Waals surface area contributed by atoms with E-state index in [2.05, 4.69) is 28.7 Å². The Hall–Kier alpha value is -0.910. The number of allylic oxidation sites excluding steroid dienone is 1. The molecule has 0 fully saturated rings. The molecular formula is C35H64ClN3O5S2. The number of rotatable bonds is 31. The number of ether oxygens (including phenoxy) is 3. The third-order valence-corrected chi connectivity index (χ3v) is 10.9. The van der Waals surface area contributed by atoms with Gasteiger partial charge in [-0.25, -0.2) is 9.97 Å². The lowest BCUT2D eigenvalue weighted by molar-refractivity contribution is 0.0537. The largest absolute Gasteiger partial charge is 0.457 e. The Morgan fingerprint density at radius 2 is 1.46 bits per heavy atom. The van der Waals surface area contributed by atoms with Gasteiger partial charge in [-0.3, -0.25) is 4.21 Å². The van der Waals surface area contributed by atoms with E-state index < -0.39 is 10.8 Å². The number of hydrogen-bond donors (Lipinski definition) is 1. The molecular weight excluding hydrogens is 642 g/mol. The van der Waals surface area contributed by atoms with Gasteiger partial charge in [0.05, 0.1) is 31.5 Å². The monoisotopic (exact) mass is 705 g/mol. The van der Waals surface area contributed by atoms with Crippen molar-refractivity contribution in [3.63, 3.8) is 0 Å². The number of nitrogens with zero attached hydrogens (tertiary/aromatic N) is 3. The van der Waals surface area contributed by atoms with Crippen molar-refractivity contribution >= 4 is 35.0 Å². The van der Waals surface area contributed by atoms with E-state index in [1.807, 2.05) is 0 Å². The van der Waals surface area contributed by atoms with E-state index >= 15 is 0 Å². The molecule has 1 N–H and O–H groups in total. The predicted molar refractivity (Wildman–Crippen MR) is 196 cm³/mol. The molecule has 0 saturated heterocycles.